The van der Waals surface area contributed by atoms with E-state index < -0.39 is 5.41 Å². The van der Waals surface area contributed by atoms with Crippen molar-refractivity contribution in [1.29, 1.82) is 0 Å². The molecule has 2 N–H and O–H groups in total. The van der Waals surface area contributed by atoms with Gasteiger partial charge in [-0.15, -0.1) is 12.4 Å². The third-order valence-corrected chi connectivity index (χ3v) is 3.91. The first-order valence-electron chi connectivity index (χ1n) is 6.88. The Morgan fingerprint density at radius 3 is 2.65 bits per heavy atom. The number of rotatable bonds is 6. The second-order valence-electron chi connectivity index (χ2n) is 5.16. The van der Waals surface area contributed by atoms with Gasteiger partial charge in [-0.1, -0.05) is 18.6 Å². The van der Waals surface area contributed by atoms with Crippen LogP contribution in [-0.4, -0.2) is 26.0 Å². The molecule has 1 aliphatic rings. The minimum atomic E-state index is -0.498. The van der Waals surface area contributed by atoms with Crippen molar-refractivity contribution in [3.05, 3.63) is 35.6 Å². The van der Waals surface area contributed by atoms with Gasteiger partial charge in [0.1, 0.15) is 5.82 Å². The van der Waals surface area contributed by atoms with Gasteiger partial charge in [0.25, 0.3) is 0 Å². The van der Waals surface area contributed by atoms with E-state index in [9.17, 15) is 9.18 Å². The normalized spacial score (nSPS) is 15.9. The zero-order valence-corrected chi connectivity index (χ0v) is 12.6. The molecule has 1 saturated carbocycles. The van der Waals surface area contributed by atoms with E-state index in [1.165, 1.54) is 12.1 Å². The average Bonchev–Trinajstić information content (AvgIpc) is 2.33. The fourth-order valence-corrected chi connectivity index (χ4v) is 2.60. The summed E-state index contributed by atoms with van der Waals surface area (Å²) >= 11 is 0. The molecular weight excluding hydrogens is 279 g/mol. The Bertz CT molecular complexity index is 449. The SMILES string of the molecule is CNCCCNC(=O)C1(c2cccc(F)c2)CCC1.Cl. The summed E-state index contributed by atoms with van der Waals surface area (Å²) in [6.07, 6.45) is 3.56. The van der Waals surface area contributed by atoms with Crippen LogP contribution in [0.15, 0.2) is 24.3 Å². The lowest BCUT2D eigenvalue weighted by molar-refractivity contribution is -0.129. The van der Waals surface area contributed by atoms with Gasteiger partial charge >= 0.3 is 0 Å². The highest BCUT2D eigenvalue weighted by atomic mass is 35.5. The molecule has 0 unspecified atom stereocenters. The Balaban J connectivity index is 0.00000200. The highest BCUT2D eigenvalue weighted by Crippen LogP contribution is 2.44. The van der Waals surface area contributed by atoms with Crippen molar-refractivity contribution >= 4 is 18.3 Å². The van der Waals surface area contributed by atoms with Crippen LogP contribution < -0.4 is 10.6 Å². The van der Waals surface area contributed by atoms with Crippen molar-refractivity contribution in [2.24, 2.45) is 0 Å². The van der Waals surface area contributed by atoms with Gasteiger partial charge in [-0.05, 0) is 50.6 Å². The van der Waals surface area contributed by atoms with Crippen LogP contribution in [-0.2, 0) is 10.2 Å². The number of hydrogen-bond donors (Lipinski definition) is 2. The topological polar surface area (TPSA) is 41.1 Å². The fraction of sp³-hybridized carbons (Fsp3) is 0.533. The Morgan fingerprint density at radius 2 is 2.10 bits per heavy atom. The van der Waals surface area contributed by atoms with Gasteiger partial charge in [-0.2, -0.15) is 0 Å². The summed E-state index contributed by atoms with van der Waals surface area (Å²) < 4.78 is 13.3. The van der Waals surface area contributed by atoms with Gasteiger partial charge in [0.2, 0.25) is 5.91 Å². The molecule has 0 aromatic heterocycles. The van der Waals surface area contributed by atoms with Gasteiger partial charge in [0, 0.05) is 6.54 Å². The van der Waals surface area contributed by atoms with E-state index in [1.54, 1.807) is 6.07 Å². The molecule has 2 rings (SSSR count). The van der Waals surface area contributed by atoms with Crippen molar-refractivity contribution in [3.63, 3.8) is 0 Å². The van der Waals surface area contributed by atoms with E-state index in [1.807, 2.05) is 13.1 Å². The summed E-state index contributed by atoms with van der Waals surface area (Å²) in [4.78, 5) is 12.4. The van der Waals surface area contributed by atoms with E-state index >= 15 is 0 Å². The molecule has 0 saturated heterocycles. The molecule has 1 aromatic rings. The monoisotopic (exact) mass is 300 g/mol. The van der Waals surface area contributed by atoms with Gasteiger partial charge in [0.05, 0.1) is 5.41 Å². The molecule has 1 aliphatic carbocycles. The first kappa shape index (κ1) is 16.9. The second kappa shape index (κ2) is 7.60. The summed E-state index contributed by atoms with van der Waals surface area (Å²) in [5.41, 5.74) is 0.312. The Kier molecular flexibility index (Phi) is 6.43. The van der Waals surface area contributed by atoms with Crippen LogP contribution in [0.2, 0.25) is 0 Å². The predicted octanol–water partition coefficient (Wildman–Crippen LogP) is 2.39. The molecule has 0 heterocycles. The summed E-state index contributed by atoms with van der Waals surface area (Å²) in [5, 5.41) is 6.02. The van der Waals surface area contributed by atoms with Gasteiger partial charge in [0.15, 0.2) is 0 Å². The average molecular weight is 301 g/mol. The maximum Gasteiger partial charge on any atom is 0.230 e. The van der Waals surface area contributed by atoms with Crippen LogP contribution in [0.4, 0.5) is 4.39 Å². The predicted molar refractivity (Wildman–Crippen MR) is 80.7 cm³/mol. The van der Waals surface area contributed by atoms with Crippen LogP contribution in [0.1, 0.15) is 31.2 Å². The van der Waals surface area contributed by atoms with Crippen molar-refractivity contribution in [2.75, 3.05) is 20.1 Å². The Hall–Kier alpha value is -1.13. The molecule has 3 nitrogen and oxygen atoms in total. The smallest absolute Gasteiger partial charge is 0.230 e. The molecule has 112 valence electrons. The zero-order valence-electron chi connectivity index (χ0n) is 11.7. The zero-order chi connectivity index (χ0) is 13.7. The molecule has 0 spiro atoms. The Labute approximate surface area is 125 Å². The van der Waals surface area contributed by atoms with Gasteiger partial charge in [-0.25, -0.2) is 4.39 Å². The van der Waals surface area contributed by atoms with Crippen molar-refractivity contribution in [2.45, 2.75) is 31.1 Å². The number of nitrogens with one attached hydrogen (secondary N) is 2. The van der Waals surface area contributed by atoms with E-state index in [-0.39, 0.29) is 24.1 Å². The third kappa shape index (κ3) is 3.49. The lowest BCUT2D eigenvalue weighted by Gasteiger charge is -2.40. The molecule has 0 radical (unpaired) electrons. The molecule has 1 amide bonds. The number of amides is 1. The second-order valence-corrected chi connectivity index (χ2v) is 5.16. The maximum atomic E-state index is 13.3. The number of benzene rings is 1. The first-order valence-corrected chi connectivity index (χ1v) is 6.88. The van der Waals surface area contributed by atoms with Crippen molar-refractivity contribution in [3.8, 4) is 0 Å². The van der Waals surface area contributed by atoms with Crippen LogP contribution >= 0.6 is 12.4 Å². The fourth-order valence-electron chi connectivity index (χ4n) is 2.60. The lowest BCUT2D eigenvalue weighted by Crippen LogP contribution is -2.49. The van der Waals surface area contributed by atoms with Crippen molar-refractivity contribution in [1.82, 2.24) is 10.6 Å². The van der Waals surface area contributed by atoms with Gasteiger partial charge in [-0.3, -0.25) is 4.79 Å². The number of halogens is 2. The van der Waals surface area contributed by atoms with Crippen LogP contribution in [0.25, 0.3) is 0 Å². The molecule has 0 aliphatic heterocycles. The summed E-state index contributed by atoms with van der Waals surface area (Å²) in [6.45, 7) is 1.55. The first-order chi connectivity index (χ1) is 9.19. The molecule has 1 fully saturated rings. The summed E-state index contributed by atoms with van der Waals surface area (Å²) in [7, 11) is 1.89. The number of carbonyl (C=O) groups is 1. The molecule has 0 atom stereocenters. The van der Waals surface area contributed by atoms with Crippen LogP contribution in [0.3, 0.4) is 0 Å². The standard InChI is InChI=1S/C15H21FN2O.ClH/c1-17-9-4-10-18-14(19)15(7-3-8-15)12-5-2-6-13(16)11-12;/h2,5-6,11,17H,3-4,7-10H2,1H3,(H,18,19);1H. The van der Waals surface area contributed by atoms with E-state index in [4.69, 9.17) is 0 Å². The van der Waals surface area contributed by atoms with E-state index in [2.05, 4.69) is 10.6 Å². The highest BCUT2D eigenvalue weighted by molar-refractivity contribution is 5.89. The van der Waals surface area contributed by atoms with Crippen LogP contribution in [0.5, 0.6) is 0 Å². The summed E-state index contributed by atoms with van der Waals surface area (Å²) in [5.74, 6) is -0.229. The minimum Gasteiger partial charge on any atom is -0.355 e. The largest absolute Gasteiger partial charge is 0.355 e. The number of carbonyl (C=O) groups excluding carboxylic acids is 1. The molecule has 5 heteroatoms. The van der Waals surface area contributed by atoms with Crippen LogP contribution in [0, 0.1) is 5.82 Å². The molecule has 20 heavy (non-hydrogen) atoms. The van der Waals surface area contributed by atoms with E-state index in [0.717, 1.165) is 37.8 Å². The molecule has 1 aromatic carbocycles. The highest BCUT2D eigenvalue weighted by Gasteiger charge is 2.45. The molecule has 0 bridgehead atoms. The van der Waals surface area contributed by atoms with E-state index in [0.29, 0.717) is 6.54 Å². The minimum absolute atomic E-state index is 0. The lowest BCUT2D eigenvalue weighted by atomic mass is 9.64. The number of hydrogen-bond acceptors (Lipinski definition) is 2. The molecular formula is C15H22ClFN2O. The summed E-state index contributed by atoms with van der Waals surface area (Å²) in [6, 6.07) is 6.45. The quantitative estimate of drug-likeness (QED) is 0.792. The Morgan fingerprint density at radius 1 is 1.35 bits per heavy atom. The van der Waals surface area contributed by atoms with Crippen molar-refractivity contribution < 1.29 is 9.18 Å². The maximum absolute atomic E-state index is 13.3. The third-order valence-electron chi connectivity index (χ3n) is 3.91. The van der Waals surface area contributed by atoms with Gasteiger partial charge < -0.3 is 10.6 Å².